The second kappa shape index (κ2) is 12.0. The number of halogens is 3. The summed E-state index contributed by atoms with van der Waals surface area (Å²) in [6.07, 6.45) is 0.564. The fourth-order valence-corrected chi connectivity index (χ4v) is 7.62. The summed E-state index contributed by atoms with van der Waals surface area (Å²) in [5.41, 5.74) is 6.25. The third-order valence-electron chi connectivity index (χ3n) is 8.75. The first kappa shape index (κ1) is 31.1. The molecule has 2 aliphatic heterocycles. The minimum Gasteiger partial charge on any atom is -0.490 e. The predicted octanol–water partition coefficient (Wildman–Crippen LogP) is 7.93. The van der Waals surface area contributed by atoms with Gasteiger partial charge in [-0.05, 0) is 68.9 Å². The van der Waals surface area contributed by atoms with E-state index < -0.39 is 23.4 Å². The predicted molar refractivity (Wildman–Crippen MR) is 178 cm³/mol. The van der Waals surface area contributed by atoms with Gasteiger partial charge in [0.1, 0.15) is 28.8 Å². The lowest BCUT2D eigenvalue weighted by atomic mass is 9.93. The van der Waals surface area contributed by atoms with Crippen LogP contribution in [0, 0.1) is 11.6 Å². The van der Waals surface area contributed by atoms with Crippen LogP contribution in [0.3, 0.4) is 0 Å². The summed E-state index contributed by atoms with van der Waals surface area (Å²) in [5.74, 6) is -3.26. The zero-order valence-corrected chi connectivity index (χ0v) is 27.4. The second-order valence-corrected chi connectivity index (χ2v) is 13.6. The number of carbonyl (C=O) groups excluding carboxylic acids is 1. The van der Waals surface area contributed by atoms with E-state index >= 15 is 4.39 Å². The van der Waals surface area contributed by atoms with Gasteiger partial charge in [0.25, 0.3) is 5.91 Å². The monoisotopic (exact) mass is 657 g/mol. The van der Waals surface area contributed by atoms with E-state index in [0.29, 0.717) is 22.6 Å². The first-order chi connectivity index (χ1) is 22.5. The summed E-state index contributed by atoms with van der Waals surface area (Å²) >= 11 is 1.44. The van der Waals surface area contributed by atoms with Crippen LogP contribution in [-0.2, 0) is 24.3 Å². The number of rotatable bonds is 6. The molecule has 0 spiro atoms. The number of thiophene rings is 1. The SMILES string of the molecule is C=C(F)C(=O)N1Cc2cc(-c3nc(-c4ccc5c(c4)CCN(C)C5)c4ccsc4c3-c3c(F)cc(F)cc3OC(C)C)nn2[C@@H](C)C1. The molecule has 242 valence electrons. The number of pyridine rings is 1. The maximum absolute atomic E-state index is 16.1. The van der Waals surface area contributed by atoms with Crippen molar-refractivity contribution < 1.29 is 22.7 Å². The smallest absolute Gasteiger partial charge is 0.282 e. The number of hydrogen-bond acceptors (Lipinski definition) is 6. The Kier molecular flexibility index (Phi) is 7.92. The Balaban J connectivity index is 1.49. The van der Waals surface area contributed by atoms with Crippen LogP contribution < -0.4 is 4.74 Å². The van der Waals surface area contributed by atoms with Gasteiger partial charge < -0.3 is 14.5 Å². The average Bonchev–Trinajstić information content (AvgIpc) is 3.68. The number of aromatic nitrogens is 3. The Hall–Kier alpha value is -4.48. The van der Waals surface area contributed by atoms with Crippen LogP contribution in [0.15, 0.2) is 60.3 Å². The summed E-state index contributed by atoms with van der Waals surface area (Å²) in [6, 6.07) is 12.0. The summed E-state index contributed by atoms with van der Waals surface area (Å²) < 4.78 is 53.1. The van der Waals surface area contributed by atoms with Crippen LogP contribution in [0.5, 0.6) is 5.75 Å². The van der Waals surface area contributed by atoms with Gasteiger partial charge in [-0.15, -0.1) is 11.3 Å². The maximum atomic E-state index is 16.1. The lowest BCUT2D eigenvalue weighted by Crippen LogP contribution is -2.40. The van der Waals surface area contributed by atoms with Crippen molar-refractivity contribution in [2.24, 2.45) is 0 Å². The fourth-order valence-electron chi connectivity index (χ4n) is 6.67. The van der Waals surface area contributed by atoms with Crippen molar-refractivity contribution in [3.05, 3.63) is 88.7 Å². The van der Waals surface area contributed by atoms with Gasteiger partial charge >= 0.3 is 0 Å². The molecule has 7 nitrogen and oxygen atoms in total. The van der Waals surface area contributed by atoms with Gasteiger partial charge in [0, 0.05) is 53.0 Å². The van der Waals surface area contributed by atoms with Gasteiger partial charge in [-0.25, -0.2) is 18.2 Å². The molecule has 5 heterocycles. The van der Waals surface area contributed by atoms with Crippen LogP contribution in [0.2, 0.25) is 0 Å². The minimum absolute atomic E-state index is 0.0662. The molecule has 2 aliphatic rings. The molecule has 1 amide bonds. The second-order valence-electron chi connectivity index (χ2n) is 12.7. The molecule has 0 aliphatic carbocycles. The maximum Gasteiger partial charge on any atom is 0.282 e. The number of fused-ring (bicyclic) bond motifs is 3. The van der Waals surface area contributed by atoms with E-state index in [1.165, 1.54) is 33.4 Å². The van der Waals surface area contributed by atoms with E-state index in [1.807, 2.05) is 18.4 Å². The van der Waals surface area contributed by atoms with E-state index in [-0.39, 0.29) is 36.5 Å². The molecule has 3 aromatic heterocycles. The zero-order valence-electron chi connectivity index (χ0n) is 26.6. The highest BCUT2D eigenvalue weighted by Gasteiger charge is 2.32. The molecule has 0 fully saturated rings. The third kappa shape index (κ3) is 5.61. The van der Waals surface area contributed by atoms with E-state index in [4.69, 9.17) is 14.8 Å². The number of amides is 1. The Morgan fingerprint density at radius 1 is 1.06 bits per heavy atom. The van der Waals surface area contributed by atoms with Crippen LogP contribution in [0.1, 0.15) is 43.6 Å². The Morgan fingerprint density at radius 2 is 1.87 bits per heavy atom. The van der Waals surface area contributed by atoms with E-state index in [0.717, 1.165) is 46.9 Å². The van der Waals surface area contributed by atoms with Crippen LogP contribution in [0.4, 0.5) is 13.2 Å². The normalized spacial score (nSPS) is 16.4. The van der Waals surface area contributed by atoms with Crippen molar-refractivity contribution in [1.82, 2.24) is 24.6 Å². The van der Waals surface area contributed by atoms with Crippen molar-refractivity contribution in [2.75, 3.05) is 20.1 Å². The van der Waals surface area contributed by atoms with E-state index in [2.05, 4.69) is 36.7 Å². The molecule has 0 radical (unpaired) electrons. The largest absolute Gasteiger partial charge is 0.490 e. The number of nitrogens with zero attached hydrogens (tertiary/aromatic N) is 5. The number of likely N-dealkylation sites (N-methyl/N-ethyl adjacent to an activating group) is 1. The Morgan fingerprint density at radius 3 is 2.64 bits per heavy atom. The van der Waals surface area contributed by atoms with Crippen molar-refractivity contribution in [3.8, 4) is 39.5 Å². The topological polar surface area (TPSA) is 63.5 Å². The molecule has 7 rings (SSSR count). The minimum atomic E-state index is -1.02. The lowest BCUT2D eigenvalue weighted by molar-refractivity contribution is -0.130. The number of benzene rings is 2. The Labute approximate surface area is 274 Å². The standard InChI is InChI=1S/C36H34F3N5O2S/c1-19(2)46-30-14-25(38)13-28(39)31(30)32-34(29-15-26-18-43(36(45)21(4)37)16-20(3)44(26)41-29)40-33(27-9-11-47-35(27)32)23-6-7-24-17-42(5)10-8-22(24)12-23/h6-7,9,11-15,19-20H,4,8,10,16-18H2,1-3,5H3/t20-/m0/s1. The molecule has 11 heteroatoms. The highest BCUT2D eigenvalue weighted by molar-refractivity contribution is 7.18. The van der Waals surface area contributed by atoms with Gasteiger partial charge in [0.15, 0.2) is 5.83 Å². The fraction of sp³-hybridized carbons (Fsp3) is 0.306. The molecule has 47 heavy (non-hydrogen) atoms. The van der Waals surface area contributed by atoms with Gasteiger partial charge in [-0.2, -0.15) is 5.10 Å². The molecule has 0 saturated heterocycles. The van der Waals surface area contributed by atoms with Crippen LogP contribution >= 0.6 is 11.3 Å². The number of ether oxygens (including phenoxy) is 1. The van der Waals surface area contributed by atoms with Gasteiger partial charge in [0.05, 0.1) is 35.6 Å². The van der Waals surface area contributed by atoms with Crippen molar-refractivity contribution >= 4 is 27.3 Å². The van der Waals surface area contributed by atoms with E-state index in [1.54, 1.807) is 24.6 Å². The molecular formula is C36H34F3N5O2S. The molecule has 0 N–H and O–H groups in total. The molecule has 5 aromatic rings. The quantitative estimate of drug-likeness (QED) is 0.174. The van der Waals surface area contributed by atoms with Gasteiger partial charge in [-0.3, -0.25) is 9.48 Å². The van der Waals surface area contributed by atoms with Gasteiger partial charge in [0.2, 0.25) is 0 Å². The molecule has 0 unspecified atom stereocenters. The lowest BCUT2D eigenvalue weighted by Gasteiger charge is -2.31. The summed E-state index contributed by atoms with van der Waals surface area (Å²) in [4.78, 5) is 21.4. The van der Waals surface area contributed by atoms with Crippen LogP contribution in [-0.4, -0.2) is 56.7 Å². The van der Waals surface area contributed by atoms with Crippen molar-refractivity contribution in [1.29, 1.82) is 0 Å². The molecule has 1 atom stereocenters. The Bertz CT molecular complexity index is 2070. The summed E-state index contributed by atoms with van der Waals surface area (Å²) in [7, 11) is 2.11. The summed E-state index contributed by atoms with van der Waals surface area (Å²) in [5, 5.41) is 7.70. The molecule has 2 aromatic carbocycles. The first-order valence-corrected chi connectivity index (χ1v) is 16.5. The molecule has 0 bridgehead atoms. The van der Waals surface area contributed by atoms with Crippen molar-refractivity contribution in [3.63, 3.8) is 0 Å². The number of hydrogen-bond donors (Lipinski definition) is 0. The molecule has 0 saturated carbocycles. The zero-order chi connectivity index (χ0) is 33.1. The third-order valence-corrected chi connectivity index (χ3v) is 9.68. The highest BCUT2D eigenvalue weighted by atomic mass is 32.1. The average molecular weight is 658 g/mol. The van der Waals surface area contributed by atoms with E-state index in [9.17, 15) is 13.6 Å². The first-order valence-electron chi connectivity index (χ1n) is 15.6. The van der Waals surface area contributed by atoms with Crippen LogP contribution in [0.25, 0.3) is 43.9 Å². The molecular weight excluding hydrogens is 623 g/mol. The highest BCUT2D eigenvalue weighted by Crippen LogP contribution is 2.47. The summed E-state index contributed by atoms with van der Waals surface area (Å²) in [6.45, 7) is 10.9. The van der Waals surface area contributed by atoms with Gasteiger partial charge in [-0.1, -0.05) is 18.7 Å². The van der Waals surface area contributed by atoms with Crippen molar-refractivity contribution in [2.45, 2.75) is 52.4 Å². The number of carbonyl (C=O) groups is 1.